The van der Waals surface area contributed by atoms with Crippen LogP contribution in [0.4, 0.5) is 0 Å². The molecule has 2 fully saturated rings. The molecule has 1 atom stereocenters. The molecular formula is C16H20O4S. The van der Waals surface area contributed by atoms with Gasteiger partial charge in [0, 0.05) is 22.6 Å². The first kappa shape index (κ1) is 14.9. The molecule has 1 unspecified atom stereocenters. The fourth-order valence-electron chi connectivity index (χ4n) is 2.97. The molecule has 1 saturated heterocycles. The van der Waals surface area contributed by atoms with Crippen molar-refractivity contribution in [2.75, 3.05) is 13.2 Å². The van der Waals surface area contributed by atoms with Gasteiger partial charge in [0.05, 0.1) is 29.6 Å². The topological polar surface area (TPSA) is 55.8 Å². The van der Waals surface area contributed by atoms with Crippen molar-refractivity contribution in [2.45, 2.75) is 42.0 Å². The van der Waals surface area contributed by atoms with E-state index in [1.807, 2.05) is 18.2 Å². The number of aliphatic hydroxyl groups is 1. The monoisotopic (exact) mass is 308 g/mol. The molecular weight excluding hydrogens is 288 g/mol. The van der Waals surface area contributed by atoms with Crippen LogP contribution in [0.15, 0.2) is 46.7 Å². The highest BCUT2D eigenvalue weighted by Crippen LogP contribution is 2.44. The van der Waals surface area contributed by atoms with Gasteiger partial charge in [-0.3, -0.25) is 0 Å². The zero-order valence-corrected chi connectivity index (χ0v) is 12.7. The molecule has 2 aliphatic rings. The SMILES string of the molecule is C=C(S(=O)c1ccccc1)C1(O)CCC2(CC1)OCCO2. The van der Waals surface area contributed by atoms with Crippen LogP contribution in [0.5, 0.6) is 0 Å². The number of ether oxygens (including phenoxy) is 2. The van der Waals surface area contributed by atoms with Crippen LogP contribution >= 0.6 is 0 Å². The van der Waals surface area contributed by atoms with Crippen molar-refractivity contribution in [3.63, 3.8) is 0 Å². The molecule has 0 bridgehead atoms. The van der Waals surface area contributed by atoms with E-state index in [4.69, 9.17) is 9.47 Å². The van der Waals surface area contributed by atoms with Crippen LogP contribution in [0.25, 0.3) is 0 Å². The summed E-state index contributed by atoms with van der Waals surface area (Å²) in [7, 11) is -1.40. The Morgan fingerprint density at radius 1 is 1.10 bits per heavy atom. The fourth-order valence-corrected chi connectivity index (χ4v) is 4.21. The Kier molecular flexibility index (Phi) is 4.01. The summed E-state index contributed by atoms with van der Waals surface area (Å²) in [6.45, 7) is 5.12. The third kappa shape index (κ3) is 2.83. The third-order valence-electron chi connectivity index (χ3n) is 4.35. The molecule has 0 amide bonds. The van der Waals surface area contributed by atoms with E-state index in [0.29, 0.717) is 48.7 Å². The lowest BCUT2D eigenvalue weighted by Crippen LogP contribution is -2.45. The van der Waals surface area contributed by atoms with Crippen LogP contribution in [-0.4, -0.2) is 33.9 Å². The molecule has 21 heavy (non-hydrogen) atoms. The maximum atomic E-state index is 12.6. The second-order valence-electron chi connectivity index (χ2n) is 5.64. The molecule has 1 aliphatic heterocycles. The van der Waals surface area contributed by atoms with Crippen LogP contribution in [0.2, 0.25) is 0 Å². The van der Waals surface area contributed by atoms with Gasteiger partial charge in [-0.15, -0.1) is 0 Å². The zero-order valence-electron chi connectivity index (χ0n) is 11.9. The molecule has 1 saturated carbocycles. The Hall–Kier alpha value is -1.01. The zero-order chi connectivity index (χ0) is 14.9. The summed E-state index contributed by atoms with van der Waals surface area (Å²) < 4.78 is 23.9. The Bertz CT molecular complexity index is 539. The van der Waals surface area contributed by atoms with E-state index in [2.05, 4.69) is 6.58 Å². The first-order chi connectivity index (χ1) is 10.0. The quantitative estimate of drug-likeness (QED) is 0.931. The van der Waals surface area contributed by atoms with Gasteiger partial charge in [0.15, 0.2) is 5.79 Å². The smallest absolute Gasteiger partial charge is 0.168 e. The first-order valence-corrected chi connectivity index (χ1v) is 8.36. The average molecular weight is 308 g/mol. The van der Waals surface area contributed by atoms with Crippen LogP contribution < -0.4 is 0 Å². The molecule has 4 nitrogen and oxygen atoms in total. The van der Waals surface area contributed by atoms with E-state index < -0.39 is 22.2 Å². The van der Waals surface area contributed by atoms with Gasteiger partial charge in [-0.2, -0.15) is 0 Å². The number of hydrogen-bond acceptors (Lipinski definition) is 4. The summed E-state index contributed by atoms with van der Waals surface area (Å²) in [5.74, 6) is -0.541. The lowest BCUT2D eigenvalue weighted by molar-refractivity contribution is -0.196. The second kappa shape index (κ2) is 5.65. The van der Waals surface area contributed by atoms with Crippen molar-refractivity contribution in [2.24, 2.45) is 0 Å². The van der Waals surface area contributed by atoms with Crippen molar-refractivity contribution in [1.29, 1.82) is 0 Å². The van der Waals surface area contributed by atoms with Crippen LogP contribution in [0.1, 0.15) is 25.7 Å². The molecule has 1 aromatic rings. The van der Waals surface area contributed by atoms with Crippen LogP contribution in [0.3, 0.4) is 0 Å². The second-order valence-corrected chi connectivity index (χ2v) is 7.15. The molecule has 1 aromatic carbocycles. The maximum absolute atomic E-state index is 12.6. The highest BCUT2D eigenvalue weighted by molar-refractivity contribution is 7.89. The van der Waals surface area contributed by atoms with Gasteiger partial charge in [-0.1, -0.05) is 24.8 Å². The molecule has 1 aliphatic carbocycles. The predicted molar refractivity (Wildman–Crippen MR) is 80.0 cm³/mol. The highest BCUT2D eigenvalue weighted by Gasteiger charge is 2.47. The largest absolute Gasteiger partial charge is 0.385 e. The van der Waals surface area contributed by atoms with Gasteiger partial charge < -0.3 is 14.6 Å². The first-order valence-electron chi connectivity index (χ1n) is 7.21. The van der Waals surface area contributed by atoms with Gasteiger partial charge in [0.25, 0.3) is 0 Å². The Labute approximate surface area is 127 Å². The molecule has 1 N–H and O–H groups in total. The third-order valence-corrected chi connectivity index (χ3v) is 5.88. The van der Waals surface area contributed by atoms with Crippen molar-refractivity contribution in [3.05, 3.63) is 41.8 Å². The van der Waals surface area contributed by atoms with Gasteiger partial charge >= 0.3 is 0 Å². The summed E-state index contributed by atoms with van der Waals surface area (Å²) >= 11 is 0. The average Bonchev–Trinajstić information content (AvgIpc) is 2.99. The summed E-state index contributed by atoms with van der Waals surface area (Å²) in [6, 6.07) is 9.12. The van der Waals surface area contributed by atoms with E-state index in [1.54, 1.807) is 12.1 Å². The molecule has 1 spiro atoms. The summed E-state index contributed by atoms with van der Waals surface area (Å²) in [6.07, 6.45) is 2.14. The van der Waals surface area contributed by atoms with E-state index in [0.717, 1.165) is 0 Å². The Balaban J connectivity index is 1.71. The molecule has 3 rings (SSSR count). The van der Waals surface area contributed by atoms with Crippen molar-refractivity contribution in [3.8, 4) is 0 Å². The van der Waals surface area contributed by atoms with Crippen LogP contribution in [0, 0.1) is 0 Å². The molecule has 114 valence electrons. The lowest BCUT2D eigenvalue weighted by atomic mass is 9.81. The fraction of sp³-hybridized carbons (Fsp3) is 0.500. The molecule has 0 aromatic heterocycles. The van der Waals surface area contributed by atoms with Gasteiger partial charge in [0.1, 0.15) is 0 Å². The Morgan fingerprint density at radius 3 is 2.24 bits per heavy atom. The minimum absolute atomic E-state index is 0.376. The van der Waals surface area contributed by atoms with Crippen molar-refractivity contribution >= 4 is 10.8 Å². The minimum Gasteiger partial charge on any atom is -0.385 e. The van der Waals surface area contributed by atoms with Crippen LogP contribution in [-0.2, 0) is 20.3 Å². The molecule has 5 heteroatoms. The highest BCUT2D eigenvalue weighted by atomic mass is 32.2. The summed E-state index contributed by atoms with van der Waals surface area (Å²) in [5.41, 5.74) is -1.11. The van der Waals surface area contributed by atoms with E-state index >= 15 is 0 Å². The van der Waals surface area contributed by atoms with E-state index in [-0.39, 0.29) is 0 Å². The van der Waals surface area contributed by atoms with Gasteiger partial charge in [0.2, 0.25) is 0 Å². The van der Waals surface area contributed by atoms with E-state index in [1.165, 1.54) is 0 Å². The lowest BCUT2D eigenvalue weighted by Gasteiger charge is -2.41. The summed E-state index contributed by atoms with van der Waals surface area (Å²) in [4.78, 5) is 1.05. The Morgan fingerprint density at radius 2 is 1.67 bits per heavy atom. The molecule has 1 heterocycles. The maximum Gasteiger partial charge on any atom is 0.168 e. The van der Waals surface area contributed by atoms with Gasteiger partial charge in [-0.05, 0) is 25.0 Å². The minimum atomic E-state index is -1.40. The normalized spacial score (nSPS) is 24.8. The number of rotatable bonds is 3. The van der Waals surface area contributed by atoms with Crippen molar-refractivity contribution in [1.82, 2.24) is 0 Å². The molecule has 0 radical (unpaired) electrons. The standard InChI is InChI=1S/C16H20O4S/c1-13(21(18)14-5-3-2-4-6-14)15(17)7-9-16(10-8-15)19-11-12-20-16/h2-6,17H,1,7-12H2. The number of hydrogen-bond donors (Lipinski definition) is 1. The van der Waals surface area contributed by atoms with Crippen molar-refractivity contribution < 1.29 is 18.8 Å². The van der Waals surface area contributed by atoms with E-state index in [9.17, 15) is 9.32 Å². The predicted octanol–water partition coefficient (Wildman–Crippen LogP) is 2.36. The summed E-state index contributed by atoms with van der Waals surface area (Å²) in [5, 5.41) is 10.8. The number of benzene rings is 1. The van der Waals surface area contributed by atoms with Gasteiger partial charge in [-0.25, -0.2) is 4.21 Å².